The summed E-state index contributed by atoms with van der Waals surface area (Å²) in [5, 5.41) is 18.7. The van der Waals surface area contributed by atoms with Crippen molar-refractivity contribution < 1.29 is 52.5 Å². The van der Waals surface area contributed by atoms with E-state index in [2.05, 4.69) is 40.0 Å². The number of ether oxygens (including phenoxy) is 5. The largest absolute Gasteiger partial charge is 0.491 e. The van der Waals surface area contributed by atoms with Crippen LogP contribution in [0, 0.1) is 20.8 Å². The number of esters is 1. The number of amides is 5. The molecular formula is C54H53ClN8O11S. The molecule has 2 atom stereocenters. The third-order valence-corrected chi connectivity index (χ3v) is 14.3. The van der Waals surface area contributed by atoms with Crippen molar-refractivity contribution in [1.29, 1.82) is 0 Å². The van der Waals surface area contributed by atoms with Crippen molar-refractivity contribution in [2.24, 2.45) is 4.99 Å². The van der Waals surface area contributed by atoms with Crippen molar-refractivity contribution in [3.05, 3.63) is 152 Å². The van der Waals surface area contributed by atoms with Gasteiger partial charge in [-0.25, -0.2) is 9.69 Å². The van der Waals surface area contributed by atoms with Gasteiger partial charge in [0, 0.05) is 45.4 Å². The summed E-state index contributed by atoms with van der Waals surface area (Å²) in [5.41, 5.74) is 2.91. The molecule has 3 N–H and O–H groups in total. The first-order valence-corrected chi connectivity index (χ1v) is 25.5. The highest BCUT2D eigenvalue weighted by atomic mass is 35.5. The van der Waals surface area contributed by atoms with Crippen molar-refractivity contribution >= 4 is 75.5 Å². The number of benzene rings is 4. The molecule has 0 saturated carbocycles. The number of aryl methyl sites for hydroxylation is 2. The first-order valence-electron chi connectivity index (χ1n) is 24.3. The number of carbonyl (C=O) groups is 6. The standard InChI is InChI=1S/C54H53ClN8O11S/c1-32-33(2)75-51-45(32)47(36-12-14-37(55)15-13-36)58-42(48-61-60-34(3)62(48)51)30-44(65)57-38-16-18-39(19-17-38)73-29-28-72-27-26-71-25-24-70-23-22-56-41-11-7-10-40-46(41)50(67)63(49(40)66)54(21-20-43(64)59-52(54)68)53(69)74-31-35-8-5-4-6-9-35/h4-19,42,56H,20-31H2,1-3H3,(H,57,65)(H,59,64,68)/t42-,54+/m0/s1. The van der Waals surface area contributed by atoms with Gasteiger partial charge in [0.25, 0.3) is 17.7 Å². The minimum atomic E-state index is -2.38. The molecule has 0 radical (unpaired) electrons. The molecule has 3 aliphatic rings. The Balaban J connectivity index is 0.672. The number of halogens is 1. The van der Waals surface area contributed by atoms with Gasteiger partial charge in [-0.2, -0.15) is 0 Å². The van der Waals surface area contributed by atoms with Crippen LogP contribution in [0.15, 0.2) is 102 Å². The summed E-state index contributed by atoms with van der Waals surface area (Å²) in [6.07, 6.45) is -0.668. The van der Waals surface area contributed by atoms with E-state index in [0.717, 1.165) is 32.3 Å². The first-order chi connectivity index (χ1) is 36.3. The van der Waals surface area contributed by atoms with Gasteiger partial charge in [-0.15, -0.1) is 21.5 Å². The highest BCUT2D eigenvalue weighted by Crippen LogP contribution is 2.41. The molecule has 9 rings (SSSR count). The monoisotopic (exact) mass is 1060 g/mol. The Morgan fingerprint density at radius 1 is 0.800 bits per heavy atom. The summed E-state index contributed by atoms with van der Waals surface area (Å²) in [6.45, 7) is 8.18. The third kappa shape index (κ3) is 11.3. The van der Waals surface area contributed by atoms with Gasteiger partial charge in [0.1, 0.15) is 35.8 Å². The van der Waals surface area contributed by atoms with Crippen LogP contribution in [-0.4, -0.2) is 119 Å². The normalized spacial score (nSPS) is 16.9. The number of imide groups is 2. The Kier molecular flexibility index (Phi) is 16.2. The molecule has 75 heavy (non-hydrogen) atoms. The van der Waals surface area contributed by atoms with Gasteiger partial charge in [-0.3, -0.25) is 38.8 Å². The number of nitrogens with zero attached hydrogens (tertiary/aromatic N) is 5. The Bertz CT molecular complexity index is 3160. The van der Waals surface area contributed by atoms with E-state index in [0.29, 0.717) is 77.3 Å². The second-order valence-corrected chi connectivity index (χ2v) is 19.4. The van der Waals surface area contributed by atoms with Crippen LogP contribution in [0.4, 0.5) is 11.4 Å². The number of piperidine rings is 1. The molecule has 5 amide bonds. The molecular weight excluding hydrogens is 1000 g/mol. The predicted molar refractivity (Wildman–Crippen MR) is 278 cm³/mol. The number of carbonyl (C=O) groups excluding carboxylic acids is 6. The van der Waals surface area contributed by atoms with Gasteiger partial charge in [0.2, 0.25) is 17.4 Å². The van der Waals surface area contributed by atoms with E-state index < -0.39 is 47.6 Å². The second-order valence-electron chi connectivity index (χ2n) is 17.8. The van der Waals surface area contributed by atoms with Gasteiger partial charge in [0.05, 0.1) is 62.9 Å². The molecule has 3 aliphatic heterocycles. The van der Waals surface area contributed by atoms with E-state index >= 15 is 0 Å². The molecule has 0 bridgehead atoms. The maximum atomic E-state index is 14.0. The number of thiophene rings is 1. The van der Waals surface area contributed by atoms with Crippen LogP contribution in [0.25, 0.3) is 5.00 Å². The molecule has 5 heterocycles. The van der Waals surface area contributed by atoms with E-state index in [4.69, 9.17) is 40.3 Å². The average molecular weight is 1060 g/mol. The second kappa shape index (κ2) is 23.3. The smallest absolute Gasteiger partial charge is 0.342 e. The average Bonchev–Trinajstić information content (AvgIpc) is 3.99. The zero-order valence-corrected chi connectivity index (χ0v) is 42.9. The fourth-order valence-corrected chi connectivity index (χ4v) is 10.3. The molecule has 1 saturated heterocycles. The lowest BCUT2D eigenvalue weighted by molar-refractivity contribution is -0.165. The summed E-state index contributed by atoms with van der Waals surface area (Å²) in [6, 6.07) is 27.4. The van der Waals surface area contributed by atoms with Gasteiger partial charge in [0.15, 0.2) is 5.82 Å². The lowest BCUT2D eigenvalue weighted by atomic mass is 9.86. The quantitative estimate of drug-likeness (QED) is 0.0272. The Hall–Kier alpha value is -7.62. The fraction of sp³-hybridized carbons (Fsp3) is 0.315. The molecule has 19 nitrogen and oxygen atoms in total. The maximum Gasteiger partial charge on any atom is 0.342 e. The lowest BCUT2D eigenvalue weighted by Crippen LogP contribution is -2.68. The summed E-state index contributed by atoms with van der Waals surface area (Å²) < 4.78 is 30.3. The van der Waals surface area contributed by atoms with E-state index in [1.807, 2.05) is 35.8 Å². The van der Waals surface area contributed by atoms with Crippen LogP contribution < -0.4 is 20.7 Å². The van der Waals surface area contributed by atoms with Crippen LogP contribution in [0.2, 0.25) is 5.02 Å². The zero-order valence-electron chi connectivity index (χ0n) is 41.3. The summed E-state index contributed by atoms with van der Waals surface area (Å²) in [7, 11) is 0. The van der Waals surface area contributed by atoms with E-state index in [1.54, 1.807) is 78.1 Å². The molecule has 0 unspecified atom stereocenters. The van der Waals surface area contributed by atoms with E-state index in [-0.39, 0.29) is 56.2 Å². The van der Waals surface area contributed by atoms with E-state index in [9.17, 15) is 28.8 Å². The summed E-state index contributed by atoms with van der Waals surface area (Å²) >= 11 is 7.90. The summed E-state index contributed by atoms with van der Waals surface area (Å²) in [5.74, 6) is -2.89. The van der Waals surface area contributed by atoms with Crippen LogP contribution in [-0.2, 0) is 44.7 Å². The summed E-state index contributed by atoms with van der Waals surface area (Å²) in [4.78, 5) is 87.7. The molecule has 21 heteroatoms. The Morgan fingerprint density at radius 3 is 2.23 bits per heavy atom. The minimum Gasteiger partial charge on any atom is -0.491 e. The molecule has 6 aromatic rings. The van der Waals surface area contributed by atoms with Crippen molar-refractivity contribution in [2.75, 3.05) is 63.4 Å². The maximum absolute atomic E-state index is 14.0. The fourth-order valence-electron chi connectivity index (χ4n) is 8.99. The minimum absolute atomic E-state index is 0.000875. The molecule has 388 valence electrons. The first kappa shape index (κ1) is 52.3. The van der Waals surface area contributed by atoms with Crippen LogP contribution >= 0.6 is 22.9 Å². The Labute approximate surface area is 440 Å². The van der Waals surface area contributed by atoms with Crippen LogP contribution in [0.3, 0.4) is 0 Å². The highest BCUT2D eigenvalue weighted by molar-refractivity contribution is 7.15. The molecule has 4 aromatic carbocycles. The molecule has 0 spiro atoms. The number of nitrogens with one attached hydrogen (secondary N) is 3. The number of aromatic nitrogens is 3. The van der Waals surface area contributed by atoms with Crippen molar-refractivity contribution in [3.63, 3.8) is 0 Å². The number of hydrogen-bond donors (Lipinski definition) is 3. The Morgan fingerprint density at radius 2 is 1.51 bits per heavy atom. The molecule has 0 aliphatic carbocycles. The van der Waals surface area contributed by atoms with Crippen molar-refractivity contribution in [2.45, 2.75) is 58.2 Å². The number of hydrogen-bond acceptors (Lipinski definition) is 16. The predicted octanol–water partition coefficient (Wildman–Crippen LogP) is 6.88. The van der Waals surface area contributed by atoms with Gasteiger partial charge >= 0.3 is 5.97 Å². The zero-order chi connectivity index (χ0) is 52.6. The topological polar surface area (TPSA) is 231 Å². The lowest BCUT2D eigenvalue weighted by Gasteiger charge is -2.38. The van der Waals surface area contributed by atoms with Crippen LogP contribution in [0.5, 0.6) is 5.75 Å². The van der Waals surface area contributed by atoms with E-state index in [1.165, 1.54) is 6.07 Å². The van der Waals surface area contributed by atoms with Crippen molar-refractivity contribution in [1.82, 2.24) is 25.0 Å². The number of fused-ring (bicyclic) bond motifs is 4. The molecule has 2 aromatic heterocycles. The van der Waals surface area contributed by atoms with Gasteiger partial charge in [-0.1, -0.05) is 60.1 Å². The molecule has 1 fully saturated rings. The number of aliphatic imine (C=N–C) groups is 1. The van der Waals surface area contributed by atoms with Gasteiger partial charge < -0.3 is 34.3 Å². The van der Waals surface area contributed by atoms with Gasteiger partial charge in [-0.05, 0) is 86.8 Å². The SMILES string of the molecule is Cc1sc2c(c1C)C(c1ccc(Cl)cc1)=N[C@@H](CC(=O)Nc1ccc(OCCOCCOCCOCCNc3cccc4c3C(=O)N([C@]3(C(=O)OCc5ccccc5)CCC(=O)NC3=O)C4=O)cc1)c1nnc(C)n1-2. The van der Waals surface area contributed by atoms with Crippen molar-refractivity contribution in [3.8, 4) is 10.8 Å². The third-order valence-electron chi connectivity index (χ3n) is 12.9. The van der Waals surface area contributed by atoms with Crippen LogP contribution in [0.1, 0.15) is 84.8 Å². The highest BCUT2D eigenvalue weighted by Gasteiger charge is 2.62. The number of anilines is 2. The number of rotatable bonds is 22.